The zero-order valence-electron chi connectivity index (χ0n) is 12.9. The Morgan fingerprint density at radius 2 is 1.55 bits per heavy atom. The molecule has 1 rings (SSSR count). The maximum atomic E-state index is 6.29. The van der Waals surface area contributed by atoms with E-state index in [1.807, 2.05) is 6.07 Å². The summed E-state index contributed by atoms with van der Waals surface area (Å²) in [5, 5.41) is 1.25. The van der Waals surface area contributed by atoms with Crippen LogP contribution in [-0.2, 0) is 8.85 Å². The first-order valence-electron chi connectivity index (χ1n) is 7.82. The van der Waals surface area contributed by atoms with Gasteiger partial charge in [0.05, 0.1) is 0 Å². The van der Waals surface area contributed by atoms with Crippen molar-refractivity contribution in [2.75, 3.05) is 19.8 Å². The Bertz CT molecular complexity index is 338. The molecule has 0 heterocycles. The second-order valence-corrected chi connectivity index (χ2v) is 8.22. The topological polar surface area (TPSA) is 44.5 Å². The number of unbranched alkanes of at least 4 members (excludes halogenated alkanes) is 1. The predicted molar refractivity (Wildman–Crippen MR) is 87.4 cm³/mol. The van der Waals surface area contributed by atoms with Crippen LogP contribution in [0.25, 0.3) is 0 Å². The normalized spacial score (nSPS) is 11.8. The van der Waals surface area contributed by atoms with Crippen LogP contribution in [-0.4, -0.2) is 28.3 Å². The second kappa shape index (κ2) is 10.1. The summed E-state index contributed by atoms with van der Waals surface area (Å²) in [6, 6.07) is 11.5. The third kappa shape index (κ3) is 5.36. The first-order valence-corrected chi connectivity index (χ1v) is 9.85. The Labute approximate surface area is 124 Å². The van der Waals surface area contributed by atoms with Crippen LogP contribution in [0.4, 0.5) is 0 Å². The highest BCUT2D eigenvalue weighted by molar-refractivity contribution is 6.81. The van der Waals surface area contributed by atoms with E-state index in [0.29, 0.717) is 0 Å². The van der Waals surface area contributed by atoms with E-state index in [2.05, 4.69) is 38.1 Å². The van der Waals surface area contributed by atoms with E-state index in [1.165, 1.54) is 5.19 Å². The van der Waals surface area contributed by atoms with Crippen molar-refractivity contribution >= 4 is 13.7 Å². The van der Waals surface area contributed by atoms with Crippen LogP contribution < -0.4 is 10.9 Å². The minimum absolute atomic E-state index is 0.737. The molecule has 2 N–H and O–H groups in total. The van der Waals surface area contributed by atoms with Crippen molar-refractivity contribution in [3.63, 3.8) is 0 Å². The molecule has 114 valence electrons. The molecule has 3 nitrogen and oxygen atoms in total. The van der Waals surface area contributed by atoms with Crippen molar-refractivity contribution in [3.05, 3.63) is 30.3 Å². The Morgan fingerprint density at radius 3 is 2.05 bits per heavy atom. The summed E-state index contributed by atoms with van der Waals surface area (Å²) in [5.74, 6) is 0. The molecule has 0 saturated carbocycles. The zero-order chi connectivity index (χ0) is 14.7. The molecule has 0 atom stereocenters. The molecule has 0 aliphatic heterocycles. The Hall–Kier alpha value is -0.683. The molecule has 0 spiro atoms. The largest absolute Gasteiger partial charge is 0.391 e. The van der Waals surface area contributed by atoms with E-state index in [9.17, 15) is 0 Å². The van der Waals surface area contributed by atoms with Gasteiger partial charge in [-0.1, -0.05) is 44.2 Å². The fourth-order valence-electron chi connectivity index (χ4n) is 2.23. The Kier molecular flexibility index (Phi) is 8.77. The highest BCUT2D eigenvalue weighted by Gasteiger charge is 2.39. The molecule has 0 radical (unpaired) electrons. The van der Waals surface area contributed by atoms with Gasteiger partial charge in [0.1, 0.15) is 0 Å². The molecule has 0 saturated heterocycles. The number of benzene rings is 1. The minimum Gasteiger partial charge on any atom is -0.391 e. The summed E-state index contributed by atoms with van der Waals surface area (Å²) in [7, 11) is -2.31. The van der Waals surface area contributed by atoms with Gasteiger partial charge in [0.15, 0.2) is 0 Å². The average molecular weight is 295 g/mol. The molecule has 0 bridgehead atoms. The maximum absolute atomic E-state index is 6.29. The predicted octanol–water partition coefficient (Wildman–Crippen LogP) is 2.93. The summed E-state index contributed by atoms with van der Waals surface area (Å²) in [4.78, 5) is 0. The molecule has 0 aliphatic carbocycles. The van der Waals surface area contributed by atoms with Gasteiger partial charge in [0.2, 0.25) is 0 Å². The van der Waals surface area contributed by atoms with E-state index >= 15 is 0 Å². The van der Waals surface area contributed by atoms with E-state index in [4.69, 9.17) is 14.6 Å². The molecular weight excluding hydrogens is 266 g/mol. The summed E-state index contributed by atoms with van der Waals surface area (Å²) in [6.45, 7) is 6.56. The summed E-state index contributed by atoms with van der Waals surface area (Å²) >= 11 is 0. The first-order chi connectivity index (χ1) is 9.79. The minimum atomic E-state index is -2.31. The van der Waals surface area contributed by atoms with E-state index < -0.39 is 8.56 Å². The lowest BCUT2D eigenvalue weighted by molar-refractivity contribution is 0.179. The fourth-order valence-corrected chi connectivity index (χ4v) is 5.70. The quantitative estimate of drug-likeness (QED) is 0.504. The van der Waals surface area contributed by atoms with Crippen LogP contribution in [0.15, 0.2) is 30.3 Å². The van der Waals surface area contributed by atoms with Gasteiger partial charge in [0, 0.05) is 13.2 Å². The monoisotopic (exact) mass is 295 g/mol. The standard InChI is InChI=1S/C16H29NO2Si/c1-3-13-18-20(19-14-4-2,15-9-8-12-17)16-10-6-5-7-11-16/h5-7,10-11H,3-4,8-9,12-15,17H2,1-2H3. The summed E-state index contributed by atoms with van der Waals surface area (Å²) in [6.07, 6.45) is 4.15. The number of hydrogen-bond donors (Lipinski definition) is 1. The molecule has 0 fully saturated rings. The highest BCUT2D eigenvalue weighted by Crippen LogP contribution is 2.18. The van der Waals surface area contributed by atoms with Gasteiger partial charge in [-0.05, 0) is 43.5 Å². The fraction of sp³-hybridized carbons (Fsp3) is 0.625. The molecule has 0 aromatic heterocycles. The SMILES string of the molecule is CCCO[Si](CCCCN)(OCCC)c1ccccc1. The summed E-state index contributed by atoms with van der Waals surface area (Å²) in [5.41, 5.74) is 5.63. The third-order valence-corrected chi connectivity index (χ3v) is 6.82. The van der Waals surface area contributed by atoms with Crippen molar-refractivity contribution in [3.8, 4) is 0 Å². The van der Waals surface area contributed by atoms with E-state index in [1.54, 1.807) is 0 Å². The van der Waals surface area contributed by atoms with Crippen molar-refractivity contribution in [1.82, 2.24) is 0 Å². The molecule has 20 heavy (non-hydrogen) atoms. The summed E-state index contributed by atoms with van der Waals surface area (Å²) < 4.78 is 12.6. The molecule has 1 aromatic rings. The van der Waals surface area contributed by atoms with Crippen molar-refractivity contribution < 1.29 is 8.85 Å². The Morgan fingerprint density at radius 1 is 0.950 bits per heavy atom. The zero-order valence-corrected chi connectivity index (χ0v) is 13.9. The van der Waals surface area contributed by atoms with E-state index in [0.717, 1.165) is 51.5 Å². The number of rotatable bonds is 11. The van der Waals surface area contributed by atoms with Crippen LogP contribution in [0.2, 0.25) is 6.04 Å². The molecule has 0 unspecified atom stereocenters. The molecular formula is C16H29NO2Si. The third-order valence-electron chi connectivity index (χ3n) is 3.25. The lowest BCUT2D eigenvalue weighted by atomic mass is 10.3. The number of nitrogens with two attached hydrogens (primary N) is 1. The van der Waals surface area contributed by atoms with Crippen molar-refractivity contribution in [1.29, 1.82) is 0 Å². The maximum Gasteiger partial charge on any atom is 0.372 e. The van der Waals surface area contributed by atoms with Gasteiger partial charge in [-0.25, -0.2) is 0 Å². The molecule has 1 aromatic carbocycles. The van der Waals surface area contributed by atoms with Crippen LogP contribution in [0.3, 0.4) is 0 Å². The van der Waals surface area contributed by atoms with Crippen LogP contribution in [0.5, 0.6) is 0 Å². The smallest absolute Gasteiger partial charge is 0.372 e. The van der Waals surface area contributed by atoms with Gasteiger partial charge in [0.25, 0.3) is 0 Å². The van der Waals surface area contributed by atoms with Crippen LogP contribution in [0.1, 0.15) is 39.5 Å². The molecule has 0 amide bonds. The average Bonchev–Trinajstić information content (AvgIpc) is 2.51. The van der Waals surface area contributed by atoms with Gasteiger partial charge in [-0.15, -0.1) is 0 Å². The highest BCUT2D eigenvalue weighted by atomic mass is 28.4. The van der Waals surface area contributed by atoms with E-state index in [-0.39, 0.29) is 0 Å². The van der Waals surface area contributed by atoms with Gasteiger partial charge in [-0.2, -0.15) is 0 Å². The van der Waals surface area contributed by atoms with Gasteiger partial charge >= 0.3 is 8.56 Å². The van der Waals surface area contributed by atoms with Crippen LogP contribution in [0, 0.1) is 0 Å². The van der Waals surface area contributed by atoms with Gasteiger partial charge in [-0.3, -0.25) is 0 Å². The van der Waals surface area contributed by atoms with Gasteiger partial charge < -0.3 is 14.6 Å². The van der Waals surface area contributed by atoms with Crippen molar-refractivity contribution in [2.45, 2.75) is 45.6 Å². The molecule has 4 heteroatoms. The lowest BCUT2D eigenvalue weighted by Crippen LogP contribution is -2.54. The molecule has 0 aliphatic rings. The second-order valence-electron chi connectivity index (χ2n) is 5.06. The number of hydrogen-bond acceptors (Lipinski definition) is 3. The Balaban J connectivity index is 2.90. The lowest BCUT2D eigenvalue weighted by Gasteiger charge is -2.31. The van der Waals surface area contributed by atoms with Crippen molar-refractivity contribution in [2.24, 2.45) is 5.73 Å². The van der Waals surface area contributed by atoms with Crippen LogP contribution >= 0.6 is 0 Å². The first kappa shape index (κ1) is 17.4.